The molecule has 0 aliphatic heterocycles. The average Bonchev–Trinajstić information content (AvgIpc) is 2.95. The molecule has 0 atom stereocenters. The Morgan fingerprint density at radius 3 is 2.86 bits per heavy atom. The normalized spacial score (nSPS) is 10.6. The van der Waals surface area contributed by atoms with Crippen LogP contribution < -0.4 is 5.32 Å². The lowest BCUT2D eigenvalue weighted by molar-refractivity contribution is 0.582. The van der Waals surface area contributed by atoms with Gasteiger partial charge in [-0.1, -0.05) is 30.0 Å². The van der Waals surface area contributed by atoms with Crippen molar-refractivity contribution in [2.45, 2.75) is 0 Å². The maximum Gasteiger partial charge on any atom is 0.230 e. The molecule has 3 rings (SSSR count). The van der Waals surface area contributed by atoms with E-state index in [0.29, 0.717) is 11.6 Å². The van der Waals surface area contributed by atoms with E-state index in [4.69, 9.17) is 4.42 Å². The number of nitrogens with zero attached hydrogens (tertiary/aromatic N) is 1. The summed E-state index contributed by atoms with van der Waals surface area (Å²) in [6.45, 7) is 0. The molecule has 0 bridgehead atoms. The van der Waals surface area contributed by atoms with Crippen LogP contribution in [0.4, 0.5) is 10.2 Å². The highest BCUT2D eigenvalue weighted by Gasteiger charge is 2.01. The van der Waals surface area contributed by atoms with E-state index in [0.717, 1.165) is 11.0 Å². The number of fused-ring (bicyclic) bond motifs is 1. The molecule has 0 aliphatic carbocycles. The fourth-order valence-electron chi connectivity index (χ4n) is 1.99. The Kier molecular flexibility index (Phi) is 3.88. The van der Waals surface area contributed by atoms with Gasteiger partial charge in [0.2, 0.25) is 5.95 Å². The smallest absolute Gasteiger partial charge is 0.230 e. The van der Waals surface area contributed by atoms with Crippen LogP contribution in [-0.4, -0.2) is 12.0 Å². The Hall–Kier alpha value is -3.06. The Bertz CT molecular complexity index is 867. The van der Waals surface area contributed by atoms with Gasteiger partial charge in [0.1, 0.15) is 17.2 Å². The molecule has 1 aromatic carbocycles. The lowest BCUT2D eigenvalue weighted by Gasteiger charge is -1.98. The Morgan fingerprint density at radius 2 is 2.09 bits per heavy atom. The third-order valence-electron chi connectivity index (χ3n) is 3.09. The zero-order valence-electron chi connectivity index (χ0n) is 11.9. The minimum absolute atomic E-state index is 0.258. The Labute approximate surface area is 127 Å². The second-order valence-electron chi connectivity index (χ2n) is 4.57. The lowest BCUT2D eigenvalue weighted by atomic mass is 10.2. The molecule has 0 amide bonds. The zero-order chi connectivity index (χ0) is 15.4. The van der Waals surface area contributed by atoms with Crippen molar-refractivity contribution in [2.24, 2.45) is 0 Å². The number of rotatable bonds is 2. The fraction of sp³-hybridized carbons (Fsp3) is 0.0556. The van der Waals surface area contributed by atoms with Crippen LogP contribution in [-0.2, 0) is 0 Å². The van der Waals surface area contributed by atoms with Crippen molar-refractivity contribution < 1.29 is 8.81 Å². The minimum atomic E-state index is -0.587. The van der Waals surface area contributed by atoms with Gasteiger partial charge in [0.25, 0.3) is 0 Å². The first-order valence-electron chi connectivity index (χ1n) is 6.77. The van der Waals surface area contributed by atoms with Gasteiger partial charge in [-0.15, -0.1) is 0 Å². The molecule has 1 N–H and O–H groups in total. The van der Waals surface area contributed by atoms with Crippen LogP contribution in [0.2, 0.25) is 0 Å². The summed E-state index contributed by atoms with van der Waals surface area (Å²) in [6, 6.07) is 13.0. The van der Waals surface area contributed by atoms with Crippen LogP contribution in [0, 0.1) is 17.8 Å². The monoisotopic (exact) mass is 292 g/mol. The van der Waals surface area contributed by atoms with E-state index in [-0.39, 0.29) is 5.56 Å². The molecular weight excluding hydrogens is 279 g/mol. The topological polar surface area (TPSA) is 38.1 Å². The van der Waals surface area contributed by atoms with Crippen LogP contribution in [0.3, 0.4) is 0 Å². The number of pyridine rings is 1. The van der Waals surface area contributed by atoms with Gasteiger partial charge in [0, 0.05) is 12.4 Å². The predicted molar refractivity (Wildman–Crippen MR) is 85.9 cm³/mol. The van der Waals surface area contributed by atoms with E-state index in [2.05, 4.69) is 22.1 Å². The highest BCUT2D eigenvalue weighted by Crippen LogP contribution is 2.19. The van der Waals surface area contributed by atoms with E-state index >= 15 is 0 Å². The van der Waals surface area contributed by atoms with Crippen molar-refractivity contribution in [3.63, 3.8) is 0 Å². The van der Waals surface area contributed by atoms with Crippen molar-refractivity contribution in [3.05, 3.63) is 65.8 Å². The van der Waals surface area contributed by atoms with Crippen molar-refractivity contribution >= 4 is 22.9 Å². The fourth-order valence-corrected chi connectivity index (χ4v) is 1.99. The van der Waals surface area contributed by atoms with Crippen molar-refractivity contribution in [2.75, 3.05) is 12.4 Å². The van der Waals surface area contributed by atoms with E-state index in [1.54, 1.807) is 31.3 Å². The van der Waals surface area contributed by atoms with Crippen LogP contribution in [0.5, 0.6) is 0 Å². The number of nitrogens with one attached hydrogen (secondary N) is 1. The summed E-state index contributed by atoms with van der Waals surface area (Å²) in [4.78, 5) is 3.73. The zero-order valence-corrected chi connectivity index (χ0v) is 11.9. The molecule has 2 aromatic heterocycles. The van der Waals surface area contributed by atoms with Gasteiger partial charge in [0.15, 0.2) is 0 Å². The molecular formula is C18H13FN2O. The lowest BCUT2D eigenvalue weighted by Crippen LogP contribution is -1.96. The number of hydrogen-bond acceptors (Lipinski definition) is 3. The first kappa shape index (κ1) is 13.9. The molecule has 108 valence electrons. The van der Waals surface area contributed by atoms with Gasteiger partial charge in [-0.2, -0.15) is 4.39 Å². The maximum atomic E-state index is 13.6. The second kappa shape index (κ2) is 6.15. The quantitative estimate of drug-likeness (QED) is 0.571. The highest BCUT2D eigenvalue weighted by atomic mass is 19.1. The Balaban J connectivity index is 1.77. The summed E-state index contributed by atoms with van der Waals surface area (Å²) in [7, 11) is 1.68. The van der Waals surface area contributed by atoms with Gasteiger partial charge in [-0.3, -0.25) is 0 Å². The van der Waals surface area contributed by atoms with Gasteiger partial charge < -0.3 is 9.73 Å². The molecule has 0 radical (unpaired) electrons. The summed E-state index contributed by atoms with van der Waals surface area (Å²) in [6.07, 6.45) is 3.38. The average molecular weight is 292 g/mol. The van der Waals surface area contributed by atoms with Crippen LogP contribution in [0.15, 0.2) is 53.0 Å². The summed E-state index contributed by atoms with van der Waals surface area (Å²) < 4.78 is 19.3. The second-order valence-corrected chi connectivity index (χ2v) is 4.57. The molecule has 4 heteroatoms. The first-order valence-corrected chi connectivity index (χ1v) is 6.77. The minimum Gasteiger partial charge on any atom is -0.457 e. The highest BCUT2D eigenvalue weighted by molar-refractivity contribution is 5.79. The third-order valence-corrected chi connectivity index (χ3v) is 3.09. The third kappa shape index (κ3) is 2.99. The van der Waals surface area contributed by atoms with E-state index < -0.39 is 5.95 Å². The molecule has 3 aromatic rings. The van der Waals surface area contributed by atoms with Gasteiger partial charge in [-0.25, -0.2) is 4.98 Å². The molecule has 0 saturated heterocycles. The van der Waals surface area contributed by atoms with E-state index in [1.807, 2.05) is 30.3 Å². The molecule has 0 spiro atoms. The number of allylic oxidation sites excluding steroid dienone is 1. The van der Waals surface area contributed by atoms with Gasteiger partial charge in [-0.05, 0) is 36.4 Å². The summed E-state index contributed by atoms with van der Waals surface area (Å²) in [5.74, 6) is 6.10. The Morgan fingerprint density at radius 1 is 1.23 bits per heavy atom. The summed E-state index contributed by atoms with van der Waals surface area (Å²) in [5, 5.41) is 3.81. The molecule has 0 fully saturated rings. The van der Waals surface area contributed by atoms with E-state index in [1.165, 1.54) is 0 Å². The number of para-hydroxylation sites is 1. The molecule has 0 unspecified atom stereocenters. The van der Waals surface area contributed by atoms with Gasteiger partial charge >= 0.3 is 0 Å². The number of benzene rings is 1. The number of hydrogen-bond donors (Lipinski definition) is 1. The van der Waals surface area contributed by atoms with Crippen molar-refractivity contribution in [1.29, 1.82) is 0 Å². The van der Waals surface area contributed by atoms with Crippen LogP contribution in [0.25, 0.3) is 17.0 Å². The van der Waals surface area contributed by atoms with E-state index in [9.17, 15) is 4.39 Å². The van der Waals surface area contributed by atoms with Gasteiger partial charge in [0.05, 0.1) is 5.56 Å². The number of halogens is 1. The molecule has 0 aliphatic rings. The molecule has 2 heterocycles. The summed E-state index contributed by atoms with van der Waals surface area (Å²) >= 11 is 0. The number of aromatic nitrogens is 1. The van der Waals surface area contributed by atoms with Crippen molar-refractivity contribution in [3.8, 4) is 11.8 Å². The van der Waals surface area contributed by atoms with Crippen LogP contribution in [0.1, 0.15) is 11.3 Å². The number of furan rings is 1. The molecule has 22 heavy (non-hydrogen) atoms. The first-order chi connectivity index (χ1) is 10.8. The standard InChI is InChI=1S/C18H13FN2O/c1-20-17-11-10-13(18(19)21-17)6-2-4-8-15-12-14-7-3-5-9-16(14)22-15/h3-5,7-12H,1H3,(H,20,21). The van der Waals surface area contributed by atoms with Crippen LogP contribution >= 0.6 is 0 Å². The predicted octanol–water partition coefficient (Wildman–Crippen LogP) is 4.07. The van der Waals surface area contributed by atoms with Crippen molar-refractivity contribution in [1.82, 2.24) is 4.98 Å². The molecule has 0 saturated carbocycles. The molecule has 3 nitrogen and oxygen atoms in total. The maximum absolute atomic E-state index is 13.6. The summed E-state index contributed by atoms with van der Waals surface area (Å²) in [5.41, 5.74) is 1.08. The number of anilines is 1. The SMILES string of the molecule is CNc1ccc(C#CC=Cc2cc3ccccc3o2)c(F)n1. The largest absolute Gasteiger partial charge is 0.457 e.